The van der Waals surface area contributed by atoms with Crippen LogP contribution in [0.4, 0.5) is 11.4 Å². The molecular weight excluding hydrogens is 839 g/mol. The molecule has 340 valence electrons. The maximum absolute atomic E-state index is 13.4. The minimum Gasteiger partial charge on any atom is -0.507 e. The number of anilines is 2. The molecule has 2 aromatic carbocycles. The quantitative estimate of drug-likeness (QED) is 0.0586. The van der Waals surface area contributed by atoms with Crippen LogP contribution in [0, 0.1) is 28.6 Å². The van der Waals surface area contributed by atoms with Crippen LogP contribution in [0.5, 0.6) is 11.5 Å². The van der Waals surface area contributed by atoms with Crippen LogP contribution in [0.3, 0.4) is 0 Å². The SMILES string of the molecule is CC(=O)OC1(C(C)=O)CCC2C3C=C(C)C4=CC(=O)CCC4(C)C3CCC21C.Cl.Cl.O=C1c2c(O)ccc(O)c2C(=O)c2c(NCCNCCO)ccc(NCCNCCO)c21. The summed E-state index contributed by atoms with van der Waals surface area (Å²) in [4.78, 5) is 63.5. The summed E-state index contributed by atoms with van der Waals surface area (Å²) in [6.45, 7) is 12.4. The molecule has 0 heterocycles. The summed E-state index contributed by atoms with van der Waals surface area (Å²) in [6, 6.07) is 5.74. The number of carbonyl (C=O) groups is 5. The largest absolute Gasteiger partial charge is 0.507 e. The van der Waals surface area contributed by atoms with E-state index in [2.05, 4.69) is 48.1 Å². The molecule has 8 N–H and O–H groups in total. The number of carbonyl (C=O) groups excluding carboxylic acids is 5. The van der Waals surface area contributed by atoms with Gasteiger partial charge in [-0.15, -0.1) is 24.8 Å². The number of esters is 1. The number of rotatable bonds is 14. The molecule has 62 heavy (non-hydrogen) atoms. The van der Waals surface area contributed by atoms with E-state index in [-0.39, 0.29) is 100 Å². The van der Waals surface area contributed by atoms with Crippen molar-refractivity contribution in [3.05, 3.63) is 69.8 Å². The minimum absolute atomic E-state index is 0. The van der Waals surface area contributed by atoms with E-state index in [1.807, 2.05) is 6.08 Å². The Bertz CT molecular complexity index is 2050. The molecule has 6 unspecified atom stereocenters. The van der Waals surface area contributed by atoms with E-state index in [1.54, 1.807) is 19.1 Å². The molecular formula is C46H62Cl2N4O10. The van der Waals surface area contributed by atoms with E-state index in [1.165, 1.54) is 30.2 Å². The molecule has 0 saturated heterocycles. The summed E-state index contributed by atoms with van der Waals surface area (Å²) in [5, 5.41) is 50.6. The number of aliphatic hydroxyl groups excluding tert-OH is 2. The Morgan fingerprint density at radius 3 is 1.73 bits per heavy atom. The molecule has 16 heteroatoms. The van der Waals surface area contributed by atoms with Crippen molar-refractivity contribution in [3.63, 3.8) is 0 Å². The number of allylic oxidation sites excluding steroid dienone is 4. The van der Waals surface area contributed by atoms with Crippen molar-refractivity contribution in [2.75, 3.05) is 63.1 Å². The lowest BCUT2D eigenvalue weighted by Gasteiger charge is -2.58. The zero-order valence-electron chi connectivity index (χ0n) is 36.2. The maximum atomic E-state index is 13.4. The van der Waals surface area contributed by atoms with Crippen molar-refractivity contribution in [1.82, 2.24) is 10.6 Å². The van der Waals surface area contributed by atoms with E-state index in [0.717, 1.165) is 25.7 Å². The van der Waals surface area contributed by atoms with Crippen LogP contribution < -0.4 is 21.3 Å². The van der Waals surface area contributed by atoms with Gasteiger partial charge >= 0.3 is 5.97 Å². The second-order valence-corrected chi connectivity index (χ2v) is 17.3. The summed E-state index contributed by atoms with van der Waals surface area (Å²) in [7, 11) is 0. The van der Waals surface area contributed by atoms with Gasteiger partial charge in [-0.3, -0.25) is 24.0 Å². The molecule has 2 aromatic rings. The number of phenols is 2. The molecule has 6 atom stereocenters. The number of hydrogen-bond donors (Lipinski definition) is 8. The van der Waals surface area contributed by atoms with Crippen LogP contribution in [-0.4, -0.2) is 108 Å². The van der Waals surface area contributed by atoms with Gasteiger partial charge in [-0.05, 0) is 105 Å². The highest BCUT2D eigenvalue weighted by Crippen LogP contribution is 2.68. The Balaban J connectivity index is 0.000000266. The fourth-order valence-electron chi connectivity index (χ4n) is 11.1. The second-order valence-electron chi connectivity index (χ2n) is 17.3. The molecule has 0 radical (unpaired) electrons. The van der Waals surface area contributed by atoms with Gasteiger partial charge in [0, 0.05) is 69.4 Å². The predicted octanol–water partition coefficient (Wildman–Crippen LogP) is 5.28. The number of phenolic OH excluding ortho intramolecular Hbond substituents is 2. The fraction of sp³-hybridized carbons (Fsp3) is 0.543. The maximum Gasteiger partial charge on any atom is 0.303 e. The van der Waals surface area contributed by atoms with Crippen molar-refractivity contribution in [2.24, 2.45) is 28.6 Å². The normalized spacial score (nSPS) is 26.6. The number of aromatic hydroxyl groups is 2. The molecule has 0 bridgehead atoms. The average molecular weight is 902 g/mol. The molecule has 0 aliphatic heterocycles. The lowest BCUT2D eigenvalue weighted by molar-refractivity contribution is -0.185. The number of aliphatic hydroxyl groups is 2. The van der Waals surface area contributed by atoms with Crippen LogP contribution >= 0.6 is 24.8 Å². The monoisotopic (exact) mass is 900 g/mol. The first kappa shape index (κ1) is 50.3. The van der Waals surface area contributed by atoms with E-state index >= 15 is 0 Å². The Morgan fingerprint density at radius 2 is 1.24 bits per heavy atom. The van der Waals surface area contributed by atoms with Crippen molar-refractivity contribution in [3.8, 4) is 11.5 Å². The number of nitrogens with one attached hydrogen (secondary N) is 4. The van der Waals surface area contributed by atoms with Gasteiger partial charge in [-0.1, -0.05) is 25.5 Å². The van der Waals surface area contributed by atoms with Crippen LogP contribution in [0.25, 0.3) is 0 Å². The topological polar surface area (TPSA) is 224 Å². The van der Waals surface area contributed by atoms with Crippen LogP contribution in [0.2, 0.25) is 0 Å². The van der Waals surface area contributed by atoms with Crippen molar-refractivity contribution in [2.45, 2.75) is 78.7 Å². The summed E-state index contributed by atoms with van der Waals surface area (Å²) in [6.07, 6.45) is 9.20. The molecule has 2 fully saturated rings. The van der Waals surface area contributed by atoms with Crippen molar-refractivity contribution < 1.29 is 49.1 Å². The summed E-state index contributed by atoms with van der Waals surface area (Å²) in [5.74, 6) is -0.833. The third kappa shape index (κ3) is 9.05. The van der Waals surface area contributed by atoms with Gasteiger partial charge in [-0.25, -0.2) is 0 Å². The minimum atomic E-state index is -0.990. The molecule has 5 aliphatic rings. The Kier molecular flexibility index (Phi) is 16.6. The molecule has 0 aromatic heterocycles. The third-order valence-corrected chi connectivity index (χ3v) is 13.9. The molecule has 0 spiro atoms. The summed E-state index contributed by atoms with van der Waals surface area (Å²) >= 11 is 0. The lowest BCUT2D eigenvalue weighted by atomic mass is 9.47. The van der Waals surface area contributed by atoms with Gasteiger partial charge in [0.1, 0.15) is 11.5 Å². The van der Waals surface area contributed by atoms with Gasteiger partial charge in [0.05, 0.1) is 35.5 Å². The van der Waals surface area contributed by atoms with E-state index in [4.69, 9.17) is 14.9 Å². The Morgan fingerprint density at radius 1 is 0.726 bits per heavy atom. The number of Topliss-reactive ketones (excluding diaryl/α,β-unsaturated/α-hetero) is 1. The number of ketones is 4. The van der Waals surface area contributed by atoms with Crippen LogP contribution in [0.1, 0.15) is 105 Å². The van der Waals surface area contributed by atoms with Gasteiger partial charge in [0.25, 0.3) is 0 Å². The number of hydrogen-bond acceptors (Lipinski definition) is 14. The Labute approximate surface area is 375 Å². The Hall–Kier alpha value is -4.31. The first-order valence-electron chi connectivity index (χ1n) is 21.1. The highest BCUT2D eigenvalue weighted by atomic mass is 35.5. The van der Waals surface area contributed by atoms with Gasteiger partial charge in [0.15, 0.2) is 17.2 Å². The molecule has 5 aliphatic carbocycles. The smallest absolute Gasteiger partial charge is 0.303 e. The molecule has 0 amide bonds. The average Bonchev–Trinajstić information content (AvgIpc) is 3.51. The van der Waals surface area contributed by atoms with Crippen molar-refractivity contribution in [1.29, 1.82) is 0 Å². The number of ether oxygens (including phenoxy) is 1. The van der Waals surface area contributed by atoms with Crippen LogP contribution in [-0.2, 0) is 19.1 Å². The highest BCUT2D eigenvalue weighted by Gasteiger charge is 2.67. The zero-order valence-corrected chi connectivity index (χ0v) is 37.8. The predicted molar refractivity (Wildman–Crippen MR) is 241 cm³/mol. The summed E-state index contributed by atoms with van der Waals surface area (Å²) < 4.78 is 5.82. The first-order chi connectivity index (χ1) is 28.6. The molecule has 7 rings (SSSR count). The lowest BCUT2D eigenvalue weighted by Crippen LogP contribution is -2.58. The zero-order chi connectivity index (χ0) is 43.6. The van der Waals surface area contributed by atoms with Gasteiger partial charge in [0.2, 0.25) is 11.6 Å². The highest BCUT2D eigenvalue weighted by molar-refractivity contribution is 6.33. The van der Waals surface area contributed by atoms with E-state index in [0.29, 0.717) is 81.2 Å². The van der Waals surface area contributed by atoms with Crippen LogP contribution in [0.15, 0.2) is 47.6 Å². The molecule has 14 nitrogen and oxygen atoms in total. The van der Waals surface area contributed by atoms with E-state index in [9.17, 15) is 34.2 Å². The third-order valence-electron chi connectivity index (χ3n) is 13.9. The van der Waals surface area contributed by atoms with E-state index < -0.39 is 17.2 Å². The number of fused-ring (bicyclic) bond motifs is 7. The van der Waals surface area contributed by atoms with Gasteiger partial charge < -0.3 is 46.4 Å². The number of benzene rings is 2. The summed E-state index contributed by atoms with van der Waals surface area (Å²) in [5.41, 5.74) is 1.83. The standard InChI is InChI=1S/C24H32O4.C22H28N4O6.2ClH/c1-14-12-18-19(22(4)9-6-17(27)13-21(14)22)7-10-23(5)20(18)8-11-24(23,15(2)25)28-16(3)26;27-11-9-23-5-7-25-13-1-2-14(26-8-6-24-10-12-28)18-17(13)21(31)19-15(29)3-4-16(30)20(19)22(18)32;;/h12-13,18-20H,6-11H2,1-5H3;1-4,23-30H,5-12H2;2*1H. The number of halogens is 2. The first-order valence-corrected chi connectivity index (χ1v) is 21.1. The van der Waals surface area contributed by atoms with Crippen molar-refractivity contribution >= 4 is 65.3 Å². The fourth-order valence-corrected chi connectivity index (χ4v) is 11.1. The second kappa shape index (κ2) is 20.5. The molecule has 2 saturated carbocycles. The van der Waals surface area contributed by atoms with Gasteiger partial charge in [-0.2, -0.15) is 0 Å².